The average molecular weight is 332 g/mol. The van der Waals surface area contributed by atoms with Crippen LogP contribution in [0.25, 0.3) is 0 Å². The molecule has 6 nitrogen and oxygen atoms in total. The lowest BCUT2D eigenvalue weighted by Gasteiger charge is -2.21. The summed E-state index contributed by atoms with van der Waals surface area (Å²) in [6, 6.07) is 9.00. The molecule has 0 aliphatic heterocycles. The number of rotatable bonds is 4. The monoisotopic (exact) mass is 332 g/mol. The van der Waals surface area contributed by atoms with Crippen molar-refractivity contribution in [3.8, 4) is 11.8 Å². The smallest absolute Gasteiger partial charge is 0.408 e. The second-order valence-electron chi connectivity index (χ2n) is 6.14. The molecular formula is C18H24N2O4. The van der Waals surface area contributed by atoms with Crippen molar-refractivity contribution in [1.82, 2.24) is 10.4 Å². The molecule has 0 spiro atoms. The molecule has 24 heavy (non-hydrogen) atoms. The molecule has 0 unspecified atom stereocenters. The third-order valence-electron chi connectivity index (χ3n) is 2.89. The summed E-state index contributed by atoms with van der Waals surface area (Å²) in [6.45, 7) is 5.34. The number of alkyl carbamates (subject to hydrolysis) is 1. The van der Waals surface area contributed by atoms with E-state index in [-0.39, 0.29) is 0 Å². The maximum atomic E-state index is 12.0. The Morgan fingerprint density at radius 3 is 2.42 bits per heavy atom. The van der Waals surface area contributed by atoms with Crippen molar-refractivity contribution in [2.45, 2.75) is 38.8 Å². The number of carbonyl (C=O) groups excluding carboxylic acids is 2. The van der Waals surface area contributed by atoms with E-state index >= 15 is 0 Å². The molecule has 0 fully saturated rings. The summed E-state index contributed by atoms with van der Waals surface area (Å²) >= 11 is 0. The molecule has 0 radical (unpaired) electrons. The zero-order valence-electron chi connectivity index (χ0n) is 14.8. The predicted octanol–water partition coefficient (Wildman–Crippen LogP) is 2.15. The maximum absolute atomic E-state index is 12.0. The Hall–Kier alpha value is -2.52. The standard InChI is InChI=1S/C18H24N2O4/c1-18(2,3)24-17(22)19-15(11-12-16(21)20(4)23-5)13-14-9-7-6-8-10-14/h6-10,15H,13H2,1-5H3,(H,19,22)/t15-/m1/s1. The van der Waals surface area contributed by atoms with E-state index in [1.807, 2.05) is 30.3 Å². The summed E-state index contributed by atoms with van der Waals surface area (Å²) in [5.74, 6) is 4.73. The molecule has 2 amide bonds. The molecule has 1 N–H and O–H groups in total. The highest BCUT2D eigenvalue weighted by molar-refractivity contribution is 5.92. The van der Waals surface area contributed by atoms with Gasteiger partial charge in [0.25, 0.3) is 0 Å². The molecule has 1 rings (SSSR count). The number of ether oxygens (including phenoxy) is 1. The fourth-order valence-electron chi connectivity index (χ4n) is 1.75. The minimum absolute atomic E-state index is 0.455. The van der Waals surface area contributed by atoms with Crippen LogP contribution >= 0.6 is 0 Å². The number of carbonyl (C=O) groups is 2. The third-order valence-corrected chi connectivity index (χ3v) is 2.89. The fraction of sp³-hybridized carbons (Fsp3) is 0.444. The van der Waals surface area contributed by atoms with Gasteiger partial charge in [0, 0.05) is 13.5 Å². The Balaban J connectivity index is 2.85. The summed E-state index contributed by atoms with van der Waals surface area (Å²) in [7, 11) is 2.84. The highest BCUT2D eigenvalue weighted by Crippen LogP contribution is 2.08. The minimum atomic E-state index is -0.610. The van der Waals surface area contributed by atoms with E-state index < -0.39 is 23.6 Å². The van der Waals surface area contributed by atoms with Gasteiger partial charge >= 0.3 is 12.0 Å². The van der Waals surface area contributed by atoms with Gasteiger partial charge < -0.3 is 10.1 Å². The quantitative estimate of drug-likeness (QED) is 0.678. The minimum Gasteiger partial charge on any atom is -0.444 e. The van der Waals surface area contributed by atoms with Crippen molar-refractivity contribution in [2.24, 2.45) is 0 Å². The van der Waals surface area contributed by atoms with Gasteiger partial charge in [0.15, 0.2) is 0 Å². The van der Waals surface area contributed by atoms with E-state index in [0.717, 1.165) is 10.6 Å². The van der Waals surface area contributed by atoms with Crippen LogP contribution in [0.4, 0.5) is 4.79 Å². The van der Waals surface area contributed by atoms with E-state index in [0.29, 0.717) is 6.42 Å². The van der Waals surface area contributed by atoms with Gasteiger partial charge in [-0.25, -0.2) is 9.86 Å². The van der Waals surface area contributed by atoms with Crippen LogP contribution in [-0.4, -0.2) is 42.9 Å². The Morgan fingerprint density at radius 1 is 1.25 bits per heavy atom. The van der Waals surface area contributed by atoms with Crippen LogP contribution < -0.4 is 5.32 Å². The zero-order chi connectivity index (χ0) is 18.2. The first kappa shape index (κ1) is 19.5. The first-order chi connectivity index (χ1) is 11.2. The van der Waals surface area contributed by atoms with Crippen molar-refractivity contribution in [1.29, 1.82) is 0 Å². The van der Waals surface area contributed by atoms with Crippen LogP contribution in [0, 0.1) is 11.8 Å². The Bertz CT molecular complexity index is 611. The van der Waals surface area contributed by atoms with E-state index in [1.54, 1.807) is 20.8 Å². The number of hydrogen-bond acceptors (Lipinski definition) is 4. The number of hydrogen-bond donors (Lipinski definition) is 1. The van der Waals surface area contributed by atoms with E-state index in [2.05, 4.69) is 17.2 Å². The molecule has 0 bridgehead atoms. The summed E-state index contributed by atoms with van der Waals surface area (Å²) in [6.07, 6.45) is -0.123. The zero-order valence-corrected chi connectivity index (χ0v) is 14.8. The van der Waals surface area contributed by atoms with Gasteiger partial charge in [0.05, 0.1) is 13.2 Å². The van der Waals surface area contributed by atoms with Crippen LogP contribution in [0.1, 0.15) is 26.3 Å². The number of nitrogens with zero attached hydrogens (tertiary/aromatic N) is 1. The lowest BCUT2D eigenvalue weighted by Crippen LogP contribution is -2.39. The van der Waals surface area contributed by atoms with Crippen LogP contribution in [0.15, 0.2) is 30.3 Å². The third kappa shape index (κ3) is 7.65. The van der Waals surface area contributed by atoms with E-state index in [1.165, 1.54) is 14.2 Å². The second-order valence-corrected chi connectivity index (χ2v) is 6.14. The largest absolute Gasteiger partial charge is 0.444 e. The lowest BCUT2D eigenvalue weighted by molar-refractivity contribution is -0.161. The first-order valence-electron chi connectivity index (χ1n) is 7.58. The fourth-order valence-corrected chi connectivity index (χ4v) is 1.75. The molecule has 1 aromatic carbocycles. The van der Waals surface area contributed by atoms with E-state index in [4.69, 9.17) is 9.57 Å². The molecule has 0 saturated carbocycles. The van der Waals surface area contributed by atoms with Gasteiger partial charge in [0.1, 0.15) is 5.60 Å². The van der Waals surface area contributed by atoms with Crippen molar-refractivity contribution < 1.29 is 19.2 Å². The molecule has 1 atom stereocenters. The number of amides is 2. The predicted molar refractivity (Wildman–Crippen MR) is 90.9 cm³/mol. The molecule has 0 aliphatic carbocycles. The molecule has 130 valence electrons. The number of nitrogens with one attached hydrogen (secondary N) is 1. The summed E-state index contributed by atoms with van der Waals surface area (Å²) in [4.78, 5) is 28.5. The Kier molecular flexibility index (Phi) is 7.28. The highest BCUT2D eigenvalue weighted by Gasteiger charge is 2.19. The molecule has 1 aromatic rings. The second kappa shape index (κ2) is 8.94. The average Bonchev–Trinajstić information content (AvgIpc) is 2.50. The molecular weight excluding hydrogens is 308 g/mol. The summed E-state index contributed by atoms with van der Waals surface area (Å²) < 4.78 is 5.24. The Morgan fingerprint density at radius 2 is 1.88 bits per heavy atom. The summed E-state index contributed by atoms with van der Waals surface area (Å²) in [5.41, 5.74) is 0.376. The van der Waals surface area contributed by atoms with Crippen LogP contribution in [0.3, 0.4) is 0 Å². The van der Waals surface area contributed by atoms with Crippen molar-refractivity contribution >= 4 is 12.0 Å². The Labute approximate surface area is 143 Å². The van der Waals surface area contributed by atoms with Crippen molar-refractivity contribution in [3.05, 3.63) is 35.9 Å². The van der Waals surface area contributed by atoms with Gasteiger partial charge in [0.2, 0.25) is 0 Å². The first-order valence-corrected chi connectivity index (χ1v) is 7.58. The molecule has 6 heteroatoms. The van der Waals surface area contributed by atoms with Gasteiger partial charge in [-0.15, -0.1) is 0 Å². The van der Waals surface area contributed by atoms with Gasteiger partial charge in [-0.1, -0.05) is 36.3 Å². The van der Waals surface area contributed by atoms with Crippen molar-refractivity contribution in [3.63, 3.8) is 0 Å². The number of benzene rings is 1. The maximum Gasteiger partial charge on any atom is 0.408 e. The lowest BCUT2D eigenvalue weighted by atomic mass is 10.1. The van der Waals surface area contributed by atoms with E-state index in [9.17, 15) is 9.59 Å². The van der Waals surface area contributed by atoms with Gasteiger partial charge in [-0.05, 0) is 32.3 Å². The number of hydroxylamine groups is 2. The summed E-state index contributed by atoms with van der Waals surface area (Å²) in [5, 5.41) is 3.70. The highest BCUT2D eigenvalue weighted by atomic mass is 16.7. The van der Waals surface area contributed by atoms with Crippen LogP contribution in [-0.2, 0) is 20.8 Å². The van der Waals surface area contributed by atoms with Crippen molar-refractivity contribution in [2.75, 3.05) is 14.2 Å². The molecule has 0 heterocycles. The van der Waals surface area contributed by atoms with Gasteiger partial charge in [-0.2, -0.15) is 0 Å². The molecule has 0 aliphatic rings. The topological polar surface area (TPSA) is 67.9 Å². The molecule has 0 aromatic heterocycles. The molecule has 0 saturated heterocycles. The van der Waals surface area contributed by atoms with Gasteiger partial charge in [-0.3, -0.25) is 9.63 Å². The van der Waals surface area contributed by atoms with Crippen LogP contribution in [0.2, 0.25) is 0 Å². The SMILES string of the molecule is CON(C)C(=O)C#C[C@H](Cc1ccccc1)NC(=O)OC(C)(C)C. The van der Waals surface area contributed by atoms with Crippen LogP contribution in [0.5, 0.6) is 0 Å². The normalized spacial score (nSPS) is 11.7.